The summed E-state index contributed by atoms with van der Waals surface area (Å²) in [4.78, 5) is 12.1. The molecule has 7 nitrogen and oxygen atoms in total. The van der Waals surface area contributed by atoms with Crippen LogP contribution < -0.4 is 4.74 Å². The molecule has 2 atom stereocenters. The van der Waals surface area contributed by atoms with Crippen molar-refractivity contribution in [2.45, 2.75) is 50.9 Å². The Morgan fingerprint density at radius 2 is 2.00 bits per heavy atom. The number of carbonyl (C=O) groups is 1. The van der Waals surface area contributed by atoms with Gasteiger partial charge in [-0.25, -0.2) is 8.78 Å². The van der Waals surface area contributed by atoms with E-state index in [-0.39, 0.29) is 17.6 Å². The molecule has 2 aliphatic rings. The molecular weight excluding hydrogens is 480 g/mol. The standard InChI is InChI=1S/C28H29F2N3O4/c1-28(27(34)35)8-5-16(13-28)22-23-20(11-17-14-31-32-25(17)24(23)30)33(26(22)15-6-9-37-10-7-15)18-3-4-19(29)21(12-18)36-2/h3-4,11-12,14-16H,5-10,13H2,1-2H3,(H,31,32)(H,34,35)/t16-,28-/m1/s1. The highest BCUT2D eigenvalue weighted by Gasteiger charge is 2.44. The van der Waals surface area contributed by atoms with E-state index in [0.29, 0.717) is 60.0 Å². The zero-order chi connectivity index (χ0) is 25.9. The SMILES string of the molecule is COc1cc(-n2c(C3CCOCC3)c([C@@H]3CC[C@@](C)(C(=O)O)C3)c3c(F)c4[nH]ncc4cc32)ccc1F. The third kappa shape index (κ3) is 3.70. The number of methoxy groups -OCH3 is 1. The minimum atomic E-state index is -0.875. The lowest BCUT2D eigenvalue weighted by Crippen LogP contribution is -2.24. The number of halogens is 2. The van der Waals surface area contributed by atoms with Crippen LogP contribution in [0.3, 0.4) is 0 Å². The van der Waals surface area contributed by atoms with Gasteiger partial charge in [0.1, 0.15) is 5.52 Å². The third-order valence-electron chi connectivity index (χ3n) is 8.35. The van der Waals surface area contributed by atoms with Gasteiger partial charge >= 0.3 is 5.97 Å². The summed E-state index contributed by atoms with van der Waals surface area (Å²) in [5.41, 5.74) is 2.56. The van der Waals surface area contributed by atoms with Gasteiger partial charge in [-0.1, -0.05) is 0 Å². The van der Waals surface area contributed by atoms with Gasteiger partial charge in [-0.3, -0.25) is 9.89 Å². The average Bonchev–Trinajstić information content (AvgIpc) is 3.61. The van der Waals surface area contributed by atoms with Gasteiger partial charge in [0.2, 0.25) is 0 Å². The molecule has 0 radical (unpaired) electrons. The van der Waals surface area contributed by atoms with Crippen LogP contribution in [-0.4, -0.2) is 46.2 Å². The van der Waals surface area contributed by atoms with Crippen LogP contribution in [0, 0.1) is 17.0 Å². The molecule has 1 aliphatic carbocycles. The lowest BCUT2D eigenvalue weighted by molar-refractivity contribution is -0.147. The predicted molar refractivity (Wildman–Crippen MR) is 135 cm³/mol. The second-order valence-corrected chi connectivity index (χ2v) is 10.6. The number of benzene rings is 2. The van der Waals surface area contributed by atoms with Gasteiger partial charge in [0.15, 0.2) is 17.4 Å². The Balaban J connectivity index is 1.70. The normalized spacial score (nSPS) is 22.8. The van der Waals surface area contributed by atoms with Crippen LogP contribution in [0.4, 0.5) is 8.78 Å². The topological polar surface area (TPSA) is 89.4 Å². The van der Waals surface area contributed by atoms with Crippen LogP contribution in [0.5, 0.6) is 5.75 Å². The highest BCUT2D eigenvalue weighted by Crippen LogP contribution is 2.53. The number of rotatable bonds is 5. The van der Waals surface area contributed by atoms with Crippen LogP contribution in [0.1, 0.15) is 62.1 Å². The smallest absolute Gasteiger partial charge is 0.309 e. The second-order valence-electron chi connectivity index (χ2n) is 10.6. The Morgan fingerprint density at radius 1 is 1.22 bits per heavy atom. The van der Waals surface area contributed by atoms with E-state index < -0.39 is 23.0 Å². The number of aromatic amines is 1. The molecular formula is C28H29F2N3O4. The van der Waals surface area contributed by atoms with Crippen molar-refractivity contribution in [3.05, 3.63) is 53.4 Å². The summed E-state index contributed by atoms with van der Waals surface area (Å²) in [6.45, 7) is 2.95. The maximum Gasteiger partial charge on any atom is 0.309 e. The monoisotopic (exact) mass is 509 g/mol. The Kier molecular flexibility index (Phi) is 5.71. The van der Waals surface area contributed by atoms with E-state index in [0.717, 1.165) is 24.1 Å². The summed E-state index contributed by atoms with van der Waals surface area (Å²) >= 11 is 0. The van der Waals surface area contributed by atoms with E-state index in [4.69, 9.17) is 9.47 Å². The van der Waals surface area contributed by atoms with Crippen molar-refractivity contribution in [3.63, 3.8) is 0 Å². The number of carboxylic acid groups (broad SMARTS) is 1. The van der Waals surface area contributed by atoms with Gasteiger partial charge in [-0.05, 0) is 68.7 Å². The maximum atomic E-state index is 16.3. The molecule has 2 aromatic heterocycles. The minimum absolute atomic E-state index is 0.0692. The Morgan fingerprint density at radius 3 is 2.70 bits per heavy atom. The summed E-state index contributed by atoms with van der Waals surface area (Å²) in [5.74, 6) is -1.68. The fourth-order valence-electron chi connectivity index (χ4n) is 6.38. The first-order chi connectivity index (χ1) is 17.8. The molecule has 194 valence electrons. The number of ether oxygens (including phenoxy) is 2. The molecule has 0 unspecified atom stereocenters. The van der Waals surface area contributed by atoms with E-state index in [1.807, 2.05) is 10.6 Å². The summed E-state index contributed by atoms with van der Waals surface area (Å²) in [6.07, 6.45) is 4.68. The van der Waals surface area contributed by atoms with Crippen LogP contribution in [0.25, 0.3) is 27.5 Å². The largest absolute Gasteiger partial charge is 0.494 e. The summed E-state index contributed by atoms with van der Waals surface area (Å²) in [6, 6.07) is 6.58. The molecule has 2 aromatic carbocycles. The van der Waals surface area contributed by atoms with Crippen LogP contribution >= 0.6 is 0 Å². The minimum Gasteiger partial charge on any atom is -0.494 e. The second kappa shape index (κ2) is 8.83. The first kappa shape index (κ1) is 23.9. The number of hydrogen-bond acceptors (Lipinski definition) is 4. The van der Waals surface area contributed by atoms with E-state index in [2.05, 4.69) is 10.2 Å². The van der Waals surface area contributed by atoms with Crippen molar-refractivity contribution < 1.29 is 28.2 Å². The fourth-order valence-corrected chi connectivity index (χ4v) is 6.38. The molecule has 2 N–H and O–H groups in total. The highest BCUT2D eigenvalue weighted by atomic mass is 19.1. The quantitative estimate of drug-likeness (QED) is 0.342. The zero-order valence-electron chi connectivity index (χ0n) is 20.8. The van der Waals surface area contributed by atoms with E-state index in [9.17, 15) is 14.3 Å². The molecule has 2 fully saturated rings. The van der Waals surface area contributed by atoms with Gasteiger partial charge in [0, 0.05) is 47.4 Å². The molecule has 0 spiro atoms. The third-order valence-corrected chi connectivity index (χ3v) is 8.35. The number of aromatic nitrogens is 3. The number of nitrogens with zero attached hydrogens (tertiary/aromatic N) is 2. The Hall–Kier alpha value is -3.46. The summed E-state index contributed by atoms with van der Waals surface area (Å²) < 4.78 is 43.7. The Bertz CT molecular complexity index is 1520. The van der Waals surface area contributed by atoms with E-state index in [1.165, 1.54) is 13.2 Å². The molecule has 3 heterocycles. The number of carboxylic acids is 1. The summed E-state index contributed by atoms with van der Waals surface area (Å²) in [5, 5.41) is 17.9. The number of nitrogens with one attached hydrogen (secondary N) is 1. The van der Waals surface area contributed by atoms with Crippen molar-refractivity contribution in [1.82, 2.24) is 14.8 Å². The van der Waals surface area contributed by atoms with Crippen molar-refractivity contribution in [2.75, 3.05) is 20.3 Å². The molecule has 0 bridgehead atoms. The van der Waals surface area contributed by atoms with Crippen molar-refractivity contribution in [3.8, 4) is 11.4 Å². The molecule has 1 saturated carbocycles. The van der Waals surface area contributed by atoms with Gasteiger partial charge in [0.05, 0.1) is 24.2 Å². The number of hydrogen-bond donors (Lipinski definition) is 2. The lowest BCUT2D eigenvalue weighted by atomic mass is 9.83. The predicted octanol–water partition coefficient (Wildman–Crippen LogP) is 6.05. The molecule has 6 rings (SSSR count). The highest BCUT2D eigenvalue weighted by molar-refractivity contribution is 6.00. The van der Waals surface area contributed by atoms with Crippen LogP contribution in [0.2, 0.25) is 0 Å². The fraction of sp³-hybridized carbons (Fsp3) is 0.429. The van der Waals surface area contributed by atoms with Crippen LogP contribution in [0.15, 0.2) is 30.5 Å². The molecule has 0 amide bonds. The number of fused-ring (bicyclic) bond motifs is 2. The molecule has 9 heteroatoms. The first-order valence-electron chi connectivity index (χ1n) is 12.7. The van der Waals surface area contributed by atoms with Crippen molar-refractivity contribution in [1.29, 1.82) is 0 Å². The Labute approximate surface area is 212 Å². The van der Waals surface area contributed by atoms with E-state index >= 15 is 4.39 Å². The molecule has 4 aromatic rings. The van der Waals surface area contributed by atoms with Gasteiger partial charge < -0.3 is 19.1 Å². The van der Waals surface area contributed by atoms with Gasteiger partial charge in [-0.2, -0.15) is 5.10 Å². The van der Waals surface area contributed by atoms with Crippen molar-refractivity contribution >= 4 is 27.8 Å². The zero-order valence-corrected chi connectivity index (χ0v) is 20.8. The lowest BCUT2D eigenvalue weighted by Gasteiger charge is -2.27. The molecule has 37 heavy (non-hydrogen) atoms. The summed E-state index contributed by atoms with van der Waals surface area (Å²) in [7, 11) is 1.42. The van der Waals surface area contributed by atoms with Crippen LogP contribution in [-0.2, 0) is 9.53 Å². The first-order valence-corrected chi connectivity index (χ1v) is 12.7. The van der Waals surface area contributed by atoms with Gasteiger partial charge in [-0.15, -0.1) is 0 Å². The number of aliphatic carboxylic acids is 1. The number of H-pyrrole nitrogens is 1. The average molecular weight is 510 g/mol. The maximum absolute atomic E-state index is 16.3. The van der Waals surface area contributed by atoms with Crippen molar-refractivity contribution in [2.24, 2.45) is 5.41 Å². The van der Waals surface area contributed by atoms with E-state index in [1.54, 1.807) is 25.3 Å². The van der Waals surface area contributed by atoms with Gasteiger partial charge in [0.25, 0.3) is 0 Å². The molecule has 1 saturated heterocycles. The molecule has 1 aliphatic heterocycles.